The van der Waals surface area contributed by atoms with E-state index in [0.29, 0.717) is 6.04 Å². The van der Waals surface area contributed by atoms with Crippen molar-refractivity contribution in [1.82, 2.24) is 25.2 Å². The third kappa shape index (κ3) is 4.32. The summed E-state index contributed by atoms with van der Waals surface area (Å²) in [5, 5.41) is 3.49. The van der Waals surface area contributed by atoms with Gasteiger partial charge in [-0.3, -0.25) is 9.88 Å². The first kappa shape index (κ1) is 19.0. The number of aromatic nitrogens is 3. The van der Waals surface area contributed by atoms with E-state index >= 15 is 0 Å². The molecule has 0 amide bonds. The van der Waals surface area contributed by atoms with E-state index in [1.807, 2.05) is 30.7 Å². The number of rotatable bonds is 4. The average Bonchev–Trinajstić information content (AvgIpc) is 3.12. The van der Waals surface area contributed by atoms with E-state index < -0.39 is 0 Å². The molecule has 1 fully saturated rings. The normalized spacial score (nSPS) is 17.7. The number of piperazine rings is 1. The van der Waals surface area contributed by atoms with Gasteiger partial charge in [0.1, 0.15) is 5.82 Å². The van der Waals surface area contributed by atoms with Gasteiger partial charge < -0.3 is 10.3 Å². The summed E-state index contributed by atoms with van der Waals surface area (Å²) in [4.78, 5) is 14.7. The molecule has 1 aliphatic heterocycles. The molecule has 1 unspecified atom stereocenters. The average molecular weight is 435 g/mol. The lowest BCUT2D eigenvalue weighted by Crippen LogP contribution is -2.45. The molecule has 0 aliphatic carbocycles. The Morgan fingerprint density at radius 2 is 1.88 bits per heavy atom. The highest BCUT2D eigenvalue weighted by atomic mass is 79.9. The number of hydrogen-bond donors (Lipinski definition) is 2. The van der Waals surface area contributed by atoms with Gasteiger partial charge in [-0.25, -0.2) is 4.98 Å². The zero-order valence-electron chi connectivity index (χ0n) is 14.2. The van der Waals surface area contributed by atoms with Crippen molar-refractivity contribution in [2.75, 3.05) is 19.6 Å². The first-order valence-electron chi connectivity index (χ1n) is 8.44. The van der Waals surface area contributed by atoms with E-state index in [1.165, 1.54) is 5.56 Å². The summed E-state index contributed by atoms with van der Waals surface area (Å²) in [6, 6.07) is 12.8. The maximum atomic E-state index is 4.60. The number of pyridine rings is 1. The molecular formula is C19H21BrClN5. The monoisotopic (exact) mass is 433 g/mol. The van der Waals surface area contributed by atoms with Crippen molar-refractivity contribution in [3.8, 4) is 11.3 Å². The molecule has 26 heavy (non-hydrogen) atoms. The van der Waals surface area contributed by atoms with Crippen molar-refractivity contribution < 1.29 is 0 Å². The molecule has 3 heterocycles. The first-order chi connectivity index (χ1) is 12.3. The van der Waals surface area contributed by atoms with Crippen LogP contribution >= 0.6 is 28.3 Å². The number of hydrogen-bond acceptors (Lipinski definition) is 4. The zero-order chi connectivity index (χ0) is 17.1. The van der Waals surface area contributed by atoms with Crippen molar-refractivity contribution in [2.24, 2.45) is 0 Å². The van der Waals surface area contributed by atoms with Crippen molar-refractivity contribution >= 4 is 28.3 Å². The quantitative estimate of drug-likeness (QED) is 0.656. The van der Waals surface area contributed by atoms with E-state index in [1.54, 1.807) is 0 Å². The SMILES string of the molecule is Brc1ccc(-c2cnc(CN3CCNCC3c3ccncc3)[nH]2)cc1.Cl. The van der Waals surface area contributed by atoms with E-state index in [9.17, 15) is 0 Å². The Labute approximate surface area is 167 Å². The summed E-state index contributed by atoms with van der Waals surface area (Å²) < 4.78 is 1.08. The highest BCUT2D eigenvalue weighted by molar-refractivity contribution is 9.10. The van der Waals surface area contributed by atoms with Gasteiger partial charge in [-0.2, -0.15) is 0 Å². The number of nitrogens with zero attached hydrogens (tertiary/aromatic N) is 3. The molecule has 3 aromatic rings. The van der Waals surface area contributed by atoms with Crippen LogP contribution in [0.1, 0.15) is 17.4 Å². The fourth-order valence-corrected chi connectivity index (χ4v) is 3.53. The van der Waals surface area contributed by atoms with Crippen molar-refractivity contribution in [3.63, 3.8) is 0 Å². The summed E-state index contributed by atoms with van der Waals surface area (Å²) in [5.74, 6) is 0.999. The number of H-pyrrole nitrogens is 1. The number of imidazole rings is 1. The minimum Gasteiger partial charge on any atom is -0.341 e. The third-order valence-corrected chi connectivity index (χ3v) is 5.11. The fraction of sp³-hybridized carbons (Fsp3) is 0.263. The molecule has 1 aromatic carbocycles. The standard InChI is InChI=1S/C19H20BrN5.ClH/c20-16-3-1-14(2-4-16)17-11-23-19(24-17)13-25-10-9-22-12-18(25)15-5-7-21-8-6-15;/h1-8,11,18,22H,9-10,12-13H2,(H,23,24);1H. The Morgan fingerprint density at radius 3 is 2.65 bits per heavy atom. The van der Waals surface area contributed by atoms with Crippen LogP contribution < -0.4 is 5.32 Å². The van der Waals surface area contributed by atoms with Gasteiger partial charge in [0.05, 0.1) is 18.4 Å². The molecule has 0 saturated carbocycles. The summed E-state index contributed by atoms with van der Waals surface area (Å²) >= 11 is 3.47. The minimum atomic E-state index is 0. The van der Waals surface area contributed by atoms with Crippen molar-refractivity contribution in [3.05, 3.63) is 70.8 Å². The van der Waals surface area contributed by atoms with Gasteiger partial charge in [0.25, 0.3) is 0 Å². The molecule has 7 heteroatoms. The minimum absolute atomic E-state index is 0. The summed E-state index contributed by atoms with van der Waals surface area (Å²) in [5.41, 5.74) is 3.49. The Kier molecular flexibility index (Phi) is 6.43. The number of benzene rings is 1. The summed E-state index contributed by atoms with van der Waals surface area (Å²) in [6.45, 7) is 3.76. The van der Waals surface area contributed by atoms with Gasteiger partial charge in [-0.05, 0) is 35.4 Å². The largest absolute Gasteiger partial charge is 0.341 e. The summed E-state index contributed by atoms with van der Waals surface area (Å²) in [7, 11) is 0. The molecule has 1 saturated heterocycles. The molecular weight excluding hydrogens is 414 g/mol. The molecule has 0 spiro atoms. The Hall–Kier alpha value is -1.73. The van der Waals surface area contributed by atoms with Crippen LogP contribution in [-0.2, 0) is 6.54 Å². The lowest BCUT2D eigenvalue weighted by Gasteiger charge is -2.35. The molecule has 0 radical (unpaired) electrons. The molecule has 1 atom stereocenters. The molecule has 2 aromatic heterocycles. The Balaban J connectivity index is 0.00000196. The molecule has 0 bridgehead atoms. The van der Waals surface area contributed by atoms with Crippen LogP contribution in [0, 0.1) is 0 Å². The predicted molar refractivity (Wildman–Crippen MR) is 109 cm³/mol. The second-order valence-electron chi connectivity index (χ2n) is 6.22. The highest BCUT2D eigenvalue weighted by Gasteiger charge is 2.24. The summed E-state index contributed by atoms with van der Waals surface area (Å²) in [6.07, 6.45) is 5.64. The molecule has 5 nitrogen and oxygen atoms in total. The van der Waals surface area contributed by atoms with Gasteiger partial charge in [0.15, 0.2) is 0 Å². The van der Waals surface area contributed by atoms with Gasteiger partial charge in [0.2, 0.25) is 0 Å². The van der Waals surface area contributed by atoms with Crippen LogP contribution in [-0.4, -0.2) is 39.5 Å². The van der Waals surface area contributed by atoms with Crippen LogP contribution in [0.5, 0.6) is 0 Å². The predicted octanol–water partition coefficient (Wildman–Crippen LogP) is 3.80. The second-order valence-corrected chi connectivity index (χ2v) is 7.14. The first-order valence-corrected chi connectivity index (χ1v) is 9.23. The van der Waals surface area contributed by atoms with Crippen LogP contribution in [0.15, 0.2) is 59.5 Å². The fourth-order valence-electron chi connectivity index (χ4n) is 3.26. The van der Waals surface area contributed by atoms with Crippen LogP contribution in [0.4, 0.5) is 0 Å². The van der Waals surface area contributed by atoms with Gasteiger partial charge >= 0.3 is 0 Å². The van der Waals surface area contributed by atoms with Crippen LogP contribution in [0.25, 0.3) is 11.3 Å². The van der Waals surface area contributed by atoms with Crippen molar-refractivity contribution in [1.29, 1.82) is 0 Å². The number of aromatic amines is 1. The molecule has 4 rings (SSSR count). The van der Waals surface area contributed by atoms with Gasteiger partial charge in [0, 0.05) is 42.5 Å². The second kappa shape index (κ2) is 8.77. The van der Waals surface area contributed by atoms with Gasteiger partial charge in [-0.15, -0.1) is 12.4 Å². The lowest BCUT2D eigenvalue weighted by molar-refractivity contribution is 0.150. The van der Waals surface area contributed by atoms with E-state index in [-0.39, 0.29) is 12.4 Å². The Morgan fingerprint density at radius 1 is 1.12 bits per heavy atom. The van der Waals surface area contributed by atoms with E-state index in [0.717, 1.165) is 47.7 Å². The molecule has 2 N–H and O–H groups in total. The van der Waals surface area contributed by atoms with Crippen LogP contribution in [0.3, 0.4) is 0 Å². The van der Waals surface area contributed by atoms with Crippen molar-refractivity contribution in [2.45, 2.75) is 12.6 Å². The number of nitrogens with one attached hydrogen (secondary N) is 2. The van der Waals surface area contributed by atoms with Crippen LogP contribution in [0.2, 0.25) is 0 Å². The smallest absolute Gasteiger partial charge is 0.120 e. The maximum absolute atomic E-state index is 4.60. The third-order valence-electron chi connectivity index (χ3n) is 4.58. The van der Waals surface area contributed by atoms with E-state index in [4.69, 9.17) is 0 Å². The molecule has 1 aliphatic rings. The highest BCUT2D eigenvalue weighted by Crippen LogP contribution is 2.24. The lowest BCUT2D eigenvalue weighted by atomic mass is 10.0. The zero-order valence-corrected chi connectivity index (χ0v) is 16.6. The Bertz CT molecular complexity index is 821. The number of halogens is 2. The topological polar surface area (TPSA) is 56.8 Å². The van der Waals surface area contributed by atoms with Gasteiger partial charge in [-0.1, -0.05) is 28.1 Å². The molecule has 136 valence electrons. The van der Waals surface area contributed by atoms with E-state index in [2.05, 4.69) is 65.4 Å². The maximum Gasteiger partial charge on any atom is 0.120 e.